The molecule has 0 aromatic heterocycles. The van der Waals surface area contributed by atoms with Crippen molar-refractivity contribution in [1.82, 2.24) is 10.2 Å². The first kappa shape index (κ1) is 16.5. The second-order valence-corrected chi connectivity index (χ2v) is 6.87. The molecule has 1 aliphatic rings. The molecule has 0 radical (unpaired) electrons. The highest BCUT2D eigenvalue weighted by Gasteiger charge is 2.35. The Kier molecular flexibility index (Phi) is 5.80. The summed E-state index contributed by atoms with van der Waals surface area (Å²) in [6.45, 7) is 8.63. The zero-order valence-electron chi connectivity index (χ0n) is 14.0. The van der Waals surface area contributed by atoms with Crippen molar-refractivity contribution in [2.75, 3.05) is 40.4 Å². The van der Waals surface area contributed by atoms with Crippen LogP contribution in [0.1, 0.15) is 37.4 Å². The Labute approximate surface area is 129 Å². The Morgan fingerprint density at radius 1 is 1.29 bits per heavy atom. The second kappa shape index (κ2) is 7.39. The first-order chi connectivity index (χ1) is 10.0. The van der Waals surface area contributed by atoms with Gasteiger partial charge in [-0.2, -0.15) is 0 Å². The van der Waals surface area contributed by atoms with Crippen molar-refractivity contribution in [3.05, 3.63) is 35.4 Å². The van der Waals surface area contributed by atoms with Crippen LogP contribution in [0.25, 0.3) is 0 Å². The fourth-order valence-corrected chi connectivity index (χ4v) is 3.21. The van der Waals surface area contributed by atoms with Crippen molar-refractivity contribution in [2.45, 2.75) is 32.7 Å². The highest BCUT2D eigenvalue weighted by Crippen LogP contribution is 2.43. The molecule has 1 N–H and O–H groups in total. The van der Waals surface area contributed by atoms with Gasteiger partial charge in [-0.15, -0.1) is 0 Å². The van der Waals surface area contributed by atoms with E-state index in [2.05, 4.69) is 55.4 Å². The molecule has 0 amide bonds. The molecule has 1 atom stereocenters. The van der Waals surface area contributed by atoms with E-state index < -0.39 is 0 Å². The lowest BCUT2D eigenvalue weighted by Crippen LogP contribution is -2.41. The molecule has 1 aromatic carbocycles. The lowest BCUT2D eigenvalue weighted by molar-refractivity contribution is 0.156. The predicted octanol–water partition coefficient (Wildman–Crippen LogP) is 2.87. The summed E-state index contributed by atoms with van der Waals surface area (Å²) in [5.41, 5.74) is 3.33. The van der Waals surface area contributed by atoms with Gasteiger partial charge >= 0.3 is 0 Å². The summed E-state index contributed by atoms with van der Waals surface area (Å²) in [7, 11) is 3.91. The molecule has 21 heavy (non-hydrogen) atoms. The first-order valence-corrected chi connectivity index (χ1v) is 8.03. The summed E-state index contributed by atoms with van der Waals surface area (Å²) in [6, 6.07) is 9.36. The molecule has 118 valence electrons. The van der Waals surface area contributed by atoms with Crippen molar-refractivity contribution in [2.24, 2.45) is 5.41 Å². The van der Waals surface area contributed by atoms with Gasteiger partial charge in [0.05, 0.1) is 6.61 Å². The van der Waals surface area contributed by atoms with E-state index in [1.807, 2.05) is 0 Å². The number of likely N-dealkylation sites (N-methyl/N-ethyl adjacent to an activating group) is 1. The molecule has 0 heterocycles. The number of hydrogen-bond donors (Lipinski definition) is 1. The monoisotopic (exact) mass is 290 g/mol. The van der Waals surface area contributed by atoms with Gasteiger partial charge in [0.2, 0.25) is 0 Å². The van der Waals surface area contributed by atoms with E-state index in [4.69, 9.17) is 4.74 Å². The van der Waals surface area contributed by atoms with Crippen LogP contribution in [0.15, 0.2) is 24.3 Å². The molecule has 1 aromatic rings. The average Bonchev–Trinajstić information content (AvgIpc) is 2.47. The molecule has 0 aliphatic heterocycles. The van der Waals surface area contributed by atoms with Gasteiger partial charge in [0.15, 0.2) is 0 Å². The van der Waals surface area contributed by atoms with Gasteiger partial charge < -0.3 is 15.0 Å². The molecule has 0 bridgehead atoms. The molecular formula is C18H30N2O. The minimum absolute atomic E-state index is 0.319. The Hall–Kier alpha value is -0.900. The van der Waals surface area contributed by atoms with Crippen LogP contribution in [0.5, 0.6) is 0 Å². The Bertz CT molecular complexity index is 445. The third-order valence-electron chi connectivity index (χ3n) is 4.71. The van der Waals surface area contributed by atoms with E-state index in [1.54, 1.807) is 7.11 Å². The van der Waals surface area contributed by atoms with Crippen LogP contribution in [0, 0.1) is 5.41 Å². The van der Waals surface area contributed by atoms with E-state index in [1.165, 1.54) is 24.0 Å². The number of methoxy groups -OCH3 is 1. The summed E-state index contributed by atoms with van der Waals surface area (Å²) in [5, 5.41) is 3.79. The molecule has 3 heteroatoms. The third kappa shape index (κ3) is 4.29. The summed E-state index contributed by atoms with van der Waals surface area (Å²) >= 11 is 0. The van der Waals surface area contributed by atoms with Crippen LogP contribution in [0.3, 0.4) is 0 Å². The molecule has 0 spiro atoms. The van der Waals surface area contributed by atoms with E-state index in [9.17, 15) is 0 Å². The smallest absolute Gasteiger partial charge is 0.0589 e. The normalized spacial score (nSPS) is 20.5. The van der Waals surface area contributed by atoms with Crippen LogP contribution in [-0.2, 0) is 11.2 Å². The maximum Gasteiger partial charge on any atom is 0.0589 e. The van der Waals surface area contributed by atoms with Gasteiger partial charge in [-0.1, -0.05) is 38.1 Å². The van der Waals surface area contributed by atoms with Crippen molar-refractivity contribution >= 4 is 0 Å². The van der Waals surface area contributed by atoms with Crippen molar-refractivity contribution < 1.29 is 4.74 Å². The number of fused-ring (bicyclic) bond motifs is 1. The molecule has 0 unspecified atom stereocenters. The fraction of sp³-hybridized carbons (Fsp3) is 0.667. The number of nitrogens with zero attached hydrogens (tertiary/aromatic N) is 1. The van der Waals surface area contributed by atoms with Crippen molar-refractivity contribution in [3.63, 3.8) is 0 Å². The minimum Gasteiger partial charge on any atom is -0.383 e. The van der Waals surface area contributed by atoms with E-state index in [0.29, 0.717) is 11.5 Å². The number of aryl methyl sites for hydroxylation is 1. The largest absolute Gasteiger partial charge is 0.383 e. The van der Waals surface area contributed by atoms with Gasteiger partial charge in [0.25, 0.3) is 0 Å². The van der Waals surface area contributed by atoms with E-state index in [0.717, 1.165) is 26.2 Å². The number of ether oxygens (including phenoxy) is 1. The molecule has 0 fully saturated rings. The summed E-state index contributed by atoms with van der Waals surface area (Å²) in [5.74, 6) is 0. The van der Waals surface area contributed by atoms with Gasteiger partial charge in [-0.25, -0.2) is 0 Å². The van der Waals surface area contributed by atoms with Gasteiger partial charge in [-0.05, 0) is 36.4 Å². The first-order valence-electron chi connectivity index (χ1n) is 8.03. The average molecular weight is 290 g/mol. The molecular weight excluding hydrogens is 260 g/mol. The SMILES string of the molecule is COCCN(C)CCN[C@@H]1c2ccccc2CCC1(C)C. The zero-order valence-corrected chi connectivity index (χ0v) is 14.0. The van der Waals surface area contributed by atoms with Crippen LogP contribution in [0.4, 0.5) is 0 Å². The molecule has 1 aliphatic carbocycles. The maximum absolute atomic E-state index is 5.13. The Morgan fingerprint density at radius 3 is 2.81 bits per heavy atom. The summed E-state index contributed by atoms with van der Waals surface area (Å²) in [6.07, 6.45) is 2.45. The lowest BCUT2D eigenvalue weighted by Gasteiger charge is -2.41. The fourth-order valence-electron chi connectivity index (χ4n) is 3.21. The number of nitrogens with one attached hydrogen (secondary N) is 1. The molecule has 0 saturated heterocycles. The Morgan fingerprint density at radius 2 is 2.05 bits per heavy atom. The molecule has 3 nitrogen and oxygen atoms in total. The van der Waals surface area contributed by atoms with Crippen LogP contribution < -0.4 is 5.32 Å². The van der Waals surface area contributed by atoms with E-state index in [-0.39, 0.29) is 0 Å². The van der Waals surface area contributed by atoms with Gasteiger partial charge in [0.1, 0.15) is 0 Å². The standard InChI is InChI=1S/C18H30N2O/c1-18(2)10-9-15-7-5-6-8-16(15)17(18)19-11-12-20(3)13-14-21-4/h5-8,17,19H,9-14H2,1-4H3/t17-/m1/s1. The van der Waals surface area contributed by atoms with E-state index >= 15 is 0 Å². The minimum atomic E-state index is 0.319. The molecule has 0 saturated carbocycles. The van der Waals surface area contributed by atoms with Crippen LogP contribution in [-0.4, -0.2) is 45.3 Å². The number of rotatable bonds is 7. The second-order valence-electron chi connectivity index (χ2n) is 6.87. The lowest BCUT2D eigenvalue weighted by atomic mass is 9.70. The summed E-state index contributed by atoms with van der Waals surface area (Å²) in [4.78, 5) is 2.32. The topological polar surface area (TPSA) is 24.5 Å². The maximum atomic E-state index is 5.13. The van der Waals surface area contributed by atoms with Crippen LogP contribution >= 0.6 is 0 Å². The predicted molar refractivity (Wildman–Crippen MR) is 88.7 cm³/mol. The quantitative estimate of drug-likeness (QED) is 0.835. The Balaban J connectivity index is 1.94. The van der Waals surface area contributed by atoms with Crippen molar-refractivity contribution in [1.29, 1.82) is 0 Å². The third-order valence-corrected chi connectivity index (χ3v) is 4.71. The van der Waals surface area contributed by atoms with Gasteiger partial charge in [0, 0.05) is 32.8 Å². The highest BCUT2D eigenvalue weighted by molar-refractivity contribution is 5.34. The zero-order chi connectivity index (χ0) is 15.3. The van der Waals surface area contributed by atoms with Gasteiger partial charge in [-0.3, -0.25) is 0 Å². The van der Waals surface area contributed by atoms with Crippen molar-refractivity contribution in [3.8, 4) is 0 Å². The summed E-state index contributed by atoms with van der Waals surface area (Å²) < 4.78 is 5.13. The van der Waals surface area contributed by atoms with Crippen LogP contribution in [0.2, 0.25) is 0 Å². The molecule has 2 rings (SSSR count). The highest BCUT2D eigenvalue weighted by atomic mass is 16.5. The number of hydrogen-bond acceptors (Lipinski definition) is 3. The number of benzene rings is 1.